The van der Waals surface area contributed by atoms with Crippen molar-refractivity contribution in [3.05, 3.63) is 10.1 Å². The summed E-state index contributed by atoms with van der Waals surface area (Å²) in [6, 6.07) is -1.80. The number of aliphatic carboxylic acids is 1. The van der Waals surface area contributed by atoms with Gasteiger partial charge < -0.3 is 20.1 Å². The standard InChI is InChI=1S/C14H21N3O9S/c1-8(11(18)16-5-3-4-10(16)12(19)20)6-27-13(21)9(2)15-14(22)25-7-26-17(23)24/h8-10H,3-7H2,1-2H3,(H,15,22)(H,19,20)/t8-,9?,10+/m1/s1. The van der Waals surface area contributed by atoms with Gasteiger partial charge in [-0.3, -0.25) is 14.4 Å². The van der Waals surface area contributed by atoms with Crippen LogP contribution in [-0.4, -0.2) is 69.4 Å². The minimum Gasteiger partial charge on any atom is -0.480 e. The molecular weight excluding hydrogens is 386 g/mol. The maximum absolute atomic E-state index is 12.4. The summed E-state index contributed by atoms with van der Waals surface area (Å²) < 4.78 is 4.35. The second kappa shape index (κ2) is 10.5. The molecule has 0 spiro atoms. The largest absolute Gasteiger partial charge is 0.480 e. The van der Waals surface area contributed by atoms with Crippen molar-refractivity contribution in [2.45, 2.75) is 38.8 Å². The minimum absolute atomic E-state index is 0.117. The normalized spacial score (nSPS) is 18.3. The summed E-state index contributed by atoms with van der Waals surface area (Å²) in [5, 5.41) is 19.6. The van der Waals surface area contributed by atoms with Crippen molar-refractivity contribution in [1.82, 2.24) is 10.2 Å². The van der Waals surface area contributed by atoms with Crippen LogP contribution >= 0.6 is 11.8 Å². The molecule has 1 fully saturated rings. The molecule has 0 radical (unpaired) electrons. The molecule has 2 amide bonds. The van der Waals surface area contributed by atoms with E-state index in [1.54, 1.807) is 6.92 Å². The highest BCUT2D eigenvalue weighted by atomic mass is 32.2. The molecule has 2 N–H and O–H groups in total. The first-order valence-electron chi connectivity index (χ1n) is 8.04. The summed E-state index contributed by atoms with van der Waals surface area (Å²) in [6.45, 7) is 2.45. The Kier molecular flexibility index (Phi) is 8.78. The van der Waals surface area contributed by atoms with Gasteiger partial charge in [0.25, 0.3) is 5.09 Å². The predicted molar refractivity (Wildman–Crippen MR) is 91.0 cm³/mol. The Morgan fingerprint density at radius 3 is 2.63 bits per heavy atom. The molecule has 0 aromatic carbocycles. The molecule has 0 bridgehead atoms. The average Bonchev–Trinajstić information content (AvgIpc) is 3.08. The molecule has 1 aliphatic rings. The van der Waals surface area contributed by atoms with Crippen LogP contribution < -0.4 is 5.32 Å². The number of amides is 2. The van der Waals surface area contributed by atoms with Crippen LogP contribution in [-0.2, 0) is 24.0 Å². The number of carbonyl (C=O) groups excluding carboxylic acids is 3. The van der Waals surface area contributed by atoms with Gasteiger partial charge in [0.15, 0.2) is 0 Å². The van der Waals surface area contributed by atoms with E-state index in [0.29, 0.717) is 19.4 Å². The fraction of sp³-hybridized carbons (Fsp3) is 0.714. The Bertz CT molecular complexity index is 600. The highest BCUT2D eigenvalue weighted by Gasteiger charge is 2.36. The summed E-state index contributed by atoms with van der Waals surface area (Å²) in [5.41, 5.74) is 0. The zero-order valence-corrected chi connectivity index (χ0v) is 15.6. The van der Waals surface area contributed by atoms with E-state index in [2.05, 4.69) is 14.9 Å². The number of thioether (sulfide) groups is 1. The third-order valence-electron chi connectivity index (χ3n) is 3.75. The average molecular weight is 407 g/mol. The molecule has 152 valence electrons. The van der Waals surface area contributed by atoms with Crippen molar-refractivity contribution in [1.29, 1.82) is 0 Å². The lowest BCUT2D eigenvalue weighted by molar-refractivity contribution is -0.765. The van der Waals surface area contributed by atoms with Crippen LogP contribution in [0.3, 0.4) is 0 Å². The van der Waals surface area contributed by atoms with Gasteiger partial charge in [0.1, 0.15) is 6.04 Å². The van der Waals surface area contributed by atoms with E-state index >= 15 is 0 Å². The fourth-order valence-corrected chi connectivity index (χ4v) is 3.24. The van der Waals surface area contributed by atoms with Gasteiger partial charge in [0, 0.05) is 18.2 Å². The summed E-state index contributed by atoms with van der Waals surface area (Å²) in [7, 11) is 0. The number of alkyl carbamates (subject to hydrolysis) is 1. The highest BCUT2D eigenvalue weighted by molar-refractivity contribution is 8.13. The van der Waals surface area contributed by atoms with Crippen molar-refractivity contribution < 1.29 is 38.9 Å². The molecular formula is C14H21N3O9S. The second-order valence-corrected chi connectivity index (χ2v) is 6.85. The predicted octanol–water partition coefficient (Wildman–Crippen LogP) is 0.238. The van der Waals surface area contributed by atoms with E-state index in [1.807, 2.05) is 0 Å². The zero-order chi connectivity index (χ0) is 20.6. The molecule has 1 unspecified atom stereocenters. The Hall–Kier alpha value is -2.57. The van der Waals surface area contributed by atoms with E-state index in [1.165, 1.54) is 11.8 Å². The number of rotatable bonds is 9. The van der Waals surface area contributed by atoms with E-state index in [0.717, 1.165) is 11.8 Å². The van der Waals surface area contributed by atoms with Crippen molar-refractivity contribution in [2.75, 3.05) is 19.1 Å². The number of hydrogen-bond acceptors (Lipinski definition) is 9. The van der Waals surface area contributed by atoms with Crippen LogP contribution in [0.25, 0.3) is 0 Å². The van der Waals surface area contributed by atoms with Gasteiger partial charge in [-0.15, -0.1) is 10.1 Å². The van der Waals surface area contributed by atoms with Crippen LogP contribution in [0.1, 0.15) is 26.7 Å². The maximum Gasteiger partial charge on any atom is 0.409 e. The van der Waals surface area contributed by atoms with Gasteiger partial charge in [-0.05, 0) is 19.8 Å². The molecule has 1 heterocycles. The Morgan fingerprint density at radius 2 is 2.04 bits per heavy atom. The van der Waals surface area contributed by atoms with E-state index < -0.39 is 47.1 Å². The van der Waals surface area contributed by atoms with Gasteiger partial charge in [0.2, 0.25) is 17.8 Å². The Balaban J connectivity index is 2.39. The molecule has 0 aromatic heterocycles. The highest BCUT2D eigenvalue weighted by Crippen LogP contribution is 2.22. The molecule has 0 aromatic rings. The minimum atomic E-state index is -1.13. The first kappa shape index (κ1) is 22.5. The molecule has 3 atom stereocenters. The molecule has 12 nitrogen and oxygen atoms in total. The van der Waals surface area contributed by atoms with Gasteiger partial charge in [-0.1, -0.05) is 18.7 Å². The van der Waals surface area contributed by atoms with Gasteiger partial charge >= 0.3 is 12.1 Å². The summed E-state index contributed by atoms with van der Waals surface area (Å²) in [6.07, 6.45) is -0.0443. The van der Waals surface area contributed by atoms with Gasteiger partial charge in [-0.25, -0.2) is 9.59 Å². The number of carbonyl (C=O) groups is 4. The monoisotopic (exact) mass is 407 g/mol. The second-order valence-electron chi connectivity index (χ2n) is 5.83. The molecule has 1 aliphatic heterocycles. The molecule has 27 heavy (non-hydrogen) atoms. The number of nitrogens with one attached hydrogen (secondary N) is 1. The third-order valence-corrected chi connectivity index (χ3v) is 5.06. The molecule has 1 rings (SSSR count). The van der Waals surface area contributed by atoms with Crippen LogP contribution in [0.15, 0.2) is 0 Å². The number of nitrogens with zero attached hydrogens (tertiary/aromatic N) is 2. The number of likely N-dealkylation sites (tertiary alicyclic amines) is 1. The van der Waals surface area contributed by atoms with Crippen LogP contribution in [0, 0.1) is 16.0 Å². The SMILES string of the molecule is CC(NC(=O)OCO[N+](=O)[O-])C(=O)SC[C@@H](C)C(=O)N1CCC[C@H]1C(=O)O. The third kappa shape index (κ3) is 7.29. The van der Waals surface area contributed by atoms with E-state index in [9.17, 15) is 29.3 Å². The Morgan fingerprint density at radius 1 is 1.37 bits per heavy atom. The van der Waals surface area contributed by atoms with Crippen LogP contribution in [0.4, 0.5) is 4.79 Å². The fourth-order valence-electron chi connectivity index (χ4n) is 2.37. The first-order chi connectivity index (χ1) is 12.6. The molecule has 0 saturated carbocycles. The smallest absolute Gasteiger partial charge is 0.409 e. The van der Waals surface area contributed by atoms with Gasteiger partial charge in [-0.2, -0.15) is 0 Å². The lowest BCUT2D eigenvalue weighted by Gasteiger charge is -2.24. The summed E-state index contributed by atoms with van der Waals surface area (Å²) >= 11 is 0.816. The molecule has 0 aliphatic carbocycles. The number of hydrogen-bond donors (Lipinski definition) is 2. The van der Waals surface area contributed by atoms with Crippen molar-refractivity contribution in [2.24, 2.45) is 5.92 Å². The van der Waals surface area contributed by atoms with E-state index in [4.69, 9.17) is 5.11 Å². The van der Waals surface area contributed by atoms with E-state index in [-0.39, 0.29) is 11.7 Å². The first-order valence-corrected chi connectivity index (χ1v) is 9.02. The Labute approximate surface area is 158 Å². The number of carboxylic acid groups (broad SMARTS) is 1. The maximum atomic E-state index is 12.4. The topological polar surface area (TPSA) is 165 Å². The van der Waals surface area contributed by atoms with Crippen molar-refractivity contribution in [3.8, 4) is 0 Å². The summed E-state index contributed by atoms with van der Waals surface area (Å²) in [5.74, 6) is -1.84. The zero-order valence-electron chi connectivity index (χ0n) is 14.8. The van der Waals surface area contributed by atoms with Gasteiger partial charge in [0.05, 0.1) is 6.04 Å². The lowest BCUT2D eigenvalue weighted by Crippen LogP contribution is -2.43. The van der Waals surface area contributed by atoms with Crippen LogP contribution in [0.5, 0.6) is 0 Å². The molecule has 1 saturated heterocycles. The number of carboxylic acids is 1. The lowest BCUT2D eigenvalue weighted by atomic mass is 10.1. The number of ether oxygens (including phenoxy) is 1. The molecule has 13 heteroatoms. The summed E-state index contributed by atoms with van der Waals surface area (Å²) in [4.78, 5) is 61.9. The quantitative estimate of drug-likeness (QED) is 0.307. The van der Waals surface area contributed by atoms with Crippen LogP contribution in [0.2, 0.25) is 0 Å². The van der Waals surface area contributed by atoms with Crippen molar-refractivity contribution in [3.63, 3.8) is 0 Å². The van der Waals surface area contributed by atoms with Crippen molar-refractivity contribution >= 4 is 34.8 Å².